The first kappa shape index (κ1) is 22.6. The van der Waals surface area contributed by atoms with Crippen LogP contribution in [0.2, 0.25) is 0 Å². The van der Waals surface area contributed by atoms with E-state index in [4.69, 9.17) is 4.74 Å². The van der Waals surface area contributed by atoms with Crippen molar-refractivity contribution in [1.82, 2.24) is 14.3 Å². The molecule has 1 aliphatic heterocycles. The monoisotopic (exact) mass is 486 g/mol. The number of rotatable bonds is 6. The number of benzene rings is 2. The molecule has 2 N–H and O–H groups in total. The van der Waals surface area contributed by atoms with E-state index in [2.05, 4.69) is 15.3 Å². The van der Waals surface area contributed by atoms with Gasteiger partial charge in [0.2, 0.25) is 15.9 Å². The molecule has 8 nitrogen and oxygen atoms in total. The molecular weight excluding hydrogens is 469 g/mol. The highest BCUT2D eigenvalue weighted by Crippen LogP contribution is 2.25. The summed E-state index contributed by atoms with van der Waals surface area (Å²) in [6.07, 6.45) is 0. The second-order valence-corrected chi connectivity index (χ2v) is 9.70. The highest BCUT2D eigenvalue weighted by atomic mass is 32.2. The summed E-state index contributed by atoms with van der Waals surface area (Å²) in [5.74, 6) is -5.36. The first-order valence-corrected chi connectivity index (χ1v) is 11.8. The molecule has 0 spiro atoms. The molecule has 0 radical (unpaired) electrons. The van der Waals surface area contributed by atoms with E-state index in [1.807, 2.05) is 0 Å². The van der Waals surface area contributed by atoms with Gasteiger partial charge in [0.1, 0.15) is 0 Å². The van der Waals surface area contributed by atoms with Crippen LogP contribution in [0.15, 0.2) is 40.4 Å². The number of fused-ring (bicyclic) bond motifs is 1. The molecule has 1 aliphatic rings. The Morgan fingerprint density at radius 1 is 1.16 bits per heavy atom. The summed E-state index contributed by atoms with van der Waals surface area (Å²) in [7, 11) is -3.67. The van der Waals surface area contributed by atoms with Gasteiger partial charge in [0.05, 0.1) is 40.6 Å². The quantitative estimate of drug-likeness (QED) is 0.410. The van der Waals surface area contributed by atoms with Crippen LogP contribution in [-0.2, 0) is 19.6 Å². The minimum absolute atomic E-state index is 0.110. The number of anilines is 1. The van der Waals surface area contributed by atoms with Crippen molar-refractivity contribution in [3.05, 3.63) is 47.8 Å². The van der Waals surface area contributed by atoms with Gasteiger partial charge in [-0.2, -0.15) is 4.31 Å². The molecule has 0 aliphatic carbocycles. The zero-order chi connectivity index (χ0) is 22.9. The summed E-state index contributed by atoms with van der Waals surface area (Å²) in [4.78, 5) is 19.4. The average Bonchev–Trinajstić information content (AvgIpc) is 3.21. The van der Waals surface area contributed by atoms with E-state index in [-0.39, 0.29) is 23.7 Å². The van der Waals surface area contributed by atoms with Crippen LogP contribution in [0.5, 0.6) is 0 Å². The number of aromatic nitrogens is 2. The zero-order valence-corrected chi connectivity index (χ0v) is 18.0. The fourth-order valence-corrected chi connectivity index (χ4v) is 5.19. The number of hydrogen-bond acceptors (Lipinski definition) is 6. The lowest BCUT2D eigenvalue weighted by Gasteiger charge is -2.25. The molecule has 1 amide bonds. The van der Waals surface area contributed by atoms with E-state index in [0.29, 0.717) is 35.5 Å². The Bertz CT molecular complexity index is 1280. The van der Waals surface area contributed by atoms with Crippen LogP contribution >= 0.6 is 11.8 Å². The number of hydrogen-bond donors (Lipinski definition) is 2. The maximum absolute atomic E-state index is 13.7. The first-order valence-electron chi connectivity index (χ1n) is 9.39. The van der Waals surface area contributed by atoms with Crippen molar-refractivity contribution in [2.24, 2.45) is 0 Å². The summed E-state index contributed by atoms with van der Waals surface area (Å²) in [6.45, 7) is 1.22. The van der Waals surface area contributed by atoms with Crippen molar-refractivity contribution in [3.8, 4) is 0 Å². The molecule has 0 unspecified atom stereocenters. The molecular formula is C19H17F3N4O4S2. The zero-order valence-electron chi connectivity index (χ0n) is 16.4. The number of nitrogens with zero attached hydrogens (tertiary/aromatic N) is 2. The van der Waals surface area contributed by atoms with Crippen LogP contribution in [0.4, 0.5) is 18.9 Å². The molecule has 4 rings (SSSR count). The second kappa shape index (κ2) is 9.10. The number of H-pyrrole nitrogens is 1. The second-order valence-electron chi connectivity index (χ2n) is 6.80. The van der Waals surface area contributed by atoms with Crippen LogP contribution < -0.4 is 5.32 Å². The molecule has 32 heavy (non-hydrogen) atoms. The number of carbonyl (C=O) groups is 1. The maximum Gasteiger partial charge on any atom is 0.243 e. The molecule has 1 saturated heterocycles. The van der Waals surface area contributed by atoms with E-state index in [9.17, 15) is 26.4 Å². The topological polar surface area (TPSA) is 104 Å². The van der Waals surface area contributed by atoms with Crippen molar-refractivity contribution in [3.63, 3.8) is 0 Å². The van der Waals surface area contributed by atoms with Gasteiger partial charge in [0.25, 0.3) is 0 Å². The van der Waals surface area contributed by atoms with Crippen molar-refractivity contribution < 1.29 is 31.1 Å². The molecule has 3 aromatic rings. The Kier molecular flexibility index (Phi) is 6.42. The fourth-order valence-electron chi connectivity index (χ4n) is 3.07. The molecule has 0 bridgehead atoms. The number of amides is 1. The van der Waals surface area contributed by atoms with Crippen molar-refractivity contribution in [1.29, 1.82) is 0 Å². The van der Waals surface area contributed by atoms with Crippen LogP contribution in [0.25, 0.3) is 11.0 Å². The van der Waals surface area contributed by atoms with Gasteiger partial charge < -0.3 is 15.0 Å². The molecule has 2 heterocycles. The lowest BCUT2D eigenvalue weighted by atomic mass is 10.3. The van der Waals surface area contributed by atoms with Crippen LogP contribution in [0.1, 0.15) is 0 Å². The van der Waals surface area contributed by atoms with E-state index >= 15 is 0 Å². The molecule has 13 heteroatoms. The van der Waals surface area contributed by atoms with E-state index in [0.717, 1.165) is 17.8 Å². The Labute approximate surface area is 185 Å². The maximum atomic E-state index is 13.7. The van der Waals surface area contributed by atoms with Crippen LogP contribution in [0.3, 0.4) is 0 Å². The van der Waals surface area contributed by atoms with Gasteiger partial charge in [-0.1, -0.05) is 11.8 Å². The van der Waals surface area contributed by atoms with Crippen LogP contribution in [0, 0.1) is 17.5 Å². The lowest BCUT2D eigenvalue weighted by molar-refractivity contribution is -0.113. The van der Waals surface area contributed by atoms with Crippen LogP contribution in [-0.4, -0.2) is 60.7 Å². The van der Waals surface area contributed by atoms with Gasteiger partial charge in [-0.25, -0.2) is 26.6 Å². The molecule has 2 aromatic carbocycles. The number of aromatic amines is 1. The predicted octanol–water partition coefficient (Wildman–Crippen LogP) is 2.73. The summed E-state index contributed by atoms with van der Waals surface area (Å²) in [6, 6.07) is 6.12. The highest BCUT2D eigenvalue weighted by molar-refractivity contribution is 7.99. The number of thioether (sulfide) groups is 1. The third kappa shape index (κ3) is 4.60. The highest BCUT2D eigenvalue weighted by Gasteiger charge is 2.26. The number of imidazole rings is 1. The molecule has 170 valence electrons. The standard InChI is InChI=1S/C19H17F3N4O4S2/c20-12-2-4-14(18(22)17(12)21)23-16(27)10-31-19-24-13-3-1-11(9-15(13)25-19)32(28,29)26-5-7-30-8-6-26/h1-4,9H,5-8,10H2,(H,23,27)(H,24,25). The minimum Gasteiger partial charge on any atom is -0.379 e. The summed E-state index contributed by atoms with van der Waals surface area (Å²) >= 11 is 0.983. The Morgan fingerprint density at radius 2 is 1.91 bits per heavy atom. The van der Waals surface area contributed by atoms with Crippen molar-refractivity contribution in [2.75, 3.05) is 37.4 Å². The number of sulfonamides is 1. The SMILES string of the molecule is O=C(CSc1nc2ccc(S(=O)(=O)N3CCOCC3)cc2[nH]1)Nc1ccc(F)c(F)c1F. The third-order valence-electron chi connectivity index (χ3n) is 4.69. The van der Waals surface area contributed by atoms with Gasteiger partial charge in [0.15, 0.2) is 22.6 Å². The van der Waals surface area contributed by atoms with Gasteiger partial charge in [-0.15, -0.1) is 0 Å². The lowest BCUT2D eigenvalue weighted by Crippen LogP contribution is -2.40. The van der Waals surface area contributed by atoms with E-state index < -0.39 is 39.1 Å². The number of morpholine rings is 1. The van der Waals surface area contributed by atoms with Gasteiger partial charge in [-0.05, 0) is 30.3 Å². The molecule has 1 fully saturated rings. The van der Waals surface area contributed by atoms with Gasteiger partial charge in [0, 0.05) is 13.1 Å². The fraction of sp³-hybridized carbons (Fsp3) is 0.263. The van der Waals surface area contributed by atoms with Crippen molar-refractivity contribution in [2.45, 2.75) is 10.1 Å². The summed E-state index contributed by atoms with van der Waals surface area (Å²) in [5, 5.41) is 2.50. The van der Waals surface area contributed by atoms with Gasteiger partial charge >= 0.3 is 0 Å². The summed E-state index contributed by atoms with van der Waals surface area (Å²) < 4.78 is 72.1. The third-order valence-corrected chi connectivity index (χ3v) is 7.46. The Hall–Kier alpha value is -2.61. The first-order chi connectivity index (χ1) is 15.3. The molecule has 0 saturated carbocycles. The number of halogens is 3. The molecule has 1 aromatic heterocycles. The van der Waals surface area contributed by atoms with Crippen molar-refractivity contribution >= 4 is 44.4 Å². The van der Waals surface area contributed by atoms with E-state index in [1.54, 1.807) is 6.07 Å². The summed E-state index contributed by atoms with van der Waals surface area (Å²) in [5.41, 5.74) is 0.492. The Morgan fingerprint density at radius 3 is 2.66 bits per heavy atom. The number of nitrogens with one attached hydrogen (secondary N) is 2. The minimum atomic E-state index is -3.67. The molecule has 0 atom stereocenters. The average molecular weight is 486 g/mol. The van der Waals surface area contributed by atoms with E-state index in [1.165, 1.54) is 16.4 Å². The predicted molar refractivity (Wildman–Crippen MR) is 111 cm³/mol. The Balaban J connectivity index is 1.44. The number of ether oxygens (including phenoxy) is 1. The smallest absolute Gasteiger partial charge is 0.243 e. The van der Waals surface area contributed by atoms with Gasteiger partial charge in [-0.3, -0.25) is 4.79 Å². The normalized spacial score (nSPS) is 15.2. The largest absolute Gasteiger partial charge is 0.379 e. The number of carbonyl (C=O) groups excluding carboxylic acids is 1.